The monoisotopic (exact) mass is 350 g/mol. The minimum Gasteiger partial charge on any atom is -0.484 e. The molecule has 134 valence electrons. The molecule has 1 saturated heterocycles. The van der Waals surface area contributed by atoms with Gasteiger partial charge in [0.05, 0.1) is 0 Å². The largest absolute Gasteiger partial charge is 0.484 e. The normalized spacial score (nSPS) is 17.4. The first-order valence-corrected chi connectivity index (χ1v) is 8.97. The number of aryl methyl sites for hydroxylation is 1. The van der Waals surface area contributed by atoms with Crippen LogP contribution in [-0.2, 0) is 4.79 Å². The predicted octanol–water partition coefficient (Wildman–Crippen LogP) is 2.82. The molecule has 6 nitrogen and oxygen atoms in total. The van der Waals surface area contributed by atoms with Crippen molar-refractivity contribution in [3.8, 4) is 5.75 Å². The summed E-state index contributed by atoms with van der Waals surface area (Å²) in [6, 6.07) is 13.6. The summed E-state index contributed by atoms with van der Waals surface area (Å²) in [5.74, 6) is 1.87. The number of amides is 1. The first-order chi connectivity index (χ1) is 12.7. The van der Waals surface area contributed by atoms with E-state index in [1.807, 2.05) is 64.9 Å². The molecular weight excluding hydrogens is 328 g/mol. The van der Waals surface area contributed by atoms with E-state index in [9.17, 15) is 4.79 Å². The lowest BCUT2D eigenvalue weighted by Gasteiger charge is -2.31. The Hall–Kier alpha value is -2.89. The molecule has 0 spiro atoms. The van der Waals surface area contributed by atoms with Crippen LogP contribution in [0.25, 0.3) is 5.65 Å². The fraction of sp³-hybridized carbons (Fsp3) is 0.350. The number of rotatable bonds is 4. The Balaban J connectivity index is 1.41. The van der Waals surface area contributed by atoms with Gasteiger partial charge in [-0.15, -0.1) is 10.2 Å². The third kappa shape index (κ3) is 3.40. The quantitative estimate of drug-likeness (QED) is 0.726. The van der Waals surface area contributed by atoms with Gasteiger partial charge in [-0.3, -0.25) is 9.20 Å². The molecule has 0 bridgehead atoms. The van der Waals surface area contributed by atoms with Crippen molar-refractivity contribution in [2.45, 2.75) is 25.7 Å². The van der Waals surface area contributed by atoms with Gasteiger partial charge in [-0.05, 0) is 44.0 Å². The molecule has 2 aromatic heterocycles. The van der Waals surface area contributed by atoms with Crippen LogP contribution in [0.4, 0.5) is 0 Å². The van der Waals surface area contributed by atoms with Gasteiger partial charge in [-0.1, -0.05) is 23.8 Å². The van der Waals surface area contributed by atoms with Crippen LogP contribution in [0.3, 0.4) is 0 Å². The molecule has 1 amide bonds. The Morgan fingerprint density at radius 2 is 2.04 bits per heavy atom. The first-order valence-electron chi connectivity index (χ1n) is 8.97. The van der Waals surface area contributed by atoms with Gasteiger partial charge in [0, 0.05) is 25.2 Å². The number of hydrogen-bond acceptors (Lipinski definition) is 4. The molecule has 0 N–H and O–H groups in total. The van der Waals surface area contributed by atoms with Crippen LogP contribution < -0.4 is 4.74 Å². The molecule has 0 aliphatic carbocycles. The highest BCUT2D eigenvalue weighted by Gasteiger charge is 2.28. The van der Waals surface area contributed by atoms with Crippen LogP contribution in [0.15, 0.2) is 48.7 Å². The summed E-state index contributed by atoms with van der Waals surface area (Å²) in [5, 5.41) is 8.59. The second-order valence-electron chi connectivity index (χ2n) is 6.77. The zero-order chi connectivity index (χ0) is 17.9. The van der Waals surface area contributed by atoms with E-state index >= 15 is 0 Å². The number of benzene rings is 1. The summed E-state index contributed by atoms with van der Waals surface area (Å²) < 4.78 is 7.66. The smallest absolute Gasteiger partial charge is 0.260 e. The summed E-state index contributed by atoms with van der Waals surface area (Å²) in [5.41, 5.74) is 2.01. The minimum atomic E-state index is 0.0177. The molecule has 3 aromatic rings. The maximum Gasteiger partial charge on any atom is 0.260 e. The molecular formula is C20H22N4O2. The van der Waals surface area contributed by atoms with Gasteiger partial charge in [-0.25, -0.2) is 0 Å². The Labute approximate surface area is 152 Å². The second kappa shape index (κ2) is 7.15. The zero-order valence-corrected chi connectivity index (χ0v) is 14.8. The molecule has 4 rings (SSSR count). The van der Waals surface area contributed by atoms with Crippen molar-refractivity contribution < 1.29 is 9.53 Å². The van der Waals surface area contributed by atoms with Crippen LogP contribution in [0, 0.1) is 6.92 Å². The third-order valence-corrected chi connectivity index (χ3v) is 4.86. The SMILES string of the molecule is Cc1ccc(OCC(=O)N2CCCC(c3nnc4ccccn34)C2)cc1. The van der Waals surface area contributed by atoms with Crippen molar-refractivity contribution in [2.24, 2.45) is 0 Å². The maximum absolute atomic E-state index is 12.6. The van der Waals surface area contributed by atoms with E-state index in [-0.39, 0.29) is 18.4 Å². The summed E-state index contributed by atoms with van der Waals surface area (Å²) >= 11 is 0. The predicted molar refractivity (Wildman–Crippen MR) is 98.2 cm³/mol. The molecule has 3 heterocycles. The van der Waals surface area contributed by atoms with Gasteiger partial charge in [0.15, 0.2) is 12.3 Å². The highest BCUT2D eigenvalue weighted by atomic mass is 16.5. The number of nitrogens with zero attached hydrogens (tertiary/aromatic N) is 4. The number of ether oxygens (including phenoxy) is 1. The lowest BCUT2D eigenvalue weighted by molar-refractivity contribution is -0.134. The Kier molecular flexibility index (Phi) is 4.56. The molecule has 0 radical (unpaired) electrons. The van der Waals surface area contributed by atoms with Gasteiger partial charge >= 0.3 is 0 Å². The van der Waals surface area contributed by atoms with Crippen molar-refractivity contribution >= 4 is 11.6 Å². The van der Waals surface area contributed by atoms with Gasteiger partial charge < -0.3 is 9.64 Å². The minimum absolute atomic E-state index is 0.0177. The molecule has 1 aromatic carbocycles. The second-order valence-corrected chi connectivity index (χ2v) is 6.77. The van der Waals surface area contributed by atoms with E-state index < -0.39 is 0 Å². The molecule has 6 heteroatoms. The van der Waals surface area contributed by atoms with Crippen molar-refractivity contribution in [1.29, 1.82) is 0 Å². The molecule has 26 heavy (non-hydrogen) atoms. The Morgan fingerprint density at radius 3 is 2.88 bits per heavy atom. The Morgan fingerprint density at radius 1 is 1.19 bits per heavy atom. The lowest BCUT2D eigenvalue weighted by atomic mass is 9.97. The molecule has 0 saturated carbocycles. The lowest BCUT2D eigenvalue weighted by Crippen LogP contribution is -2.42. The summed E-state index contributed by atoms with van der Waals surface area (Å²) in [6.45, 7) is 3.52. The van der Waals surface area contributed by atoms with Crippen molar-refractivity contribution in [1.82, 2.24) is 19.5 Å². The van der Waals surface area contributed by atoms with Crippen LogP contribution >= 0.6 is 0 Å². The number of carbonyl (C=O) groups excluding carboxylic acids is 1. The number of hydrogen-bond donors (Lipinski definition) is 0. The molecule has 1 atom stereocenters. The van der Waals surface area contributed by atoms with E-state index in [1.54, 1.807) is 0 Å². The third-order valence-electron chi connectivity index (χ3n) is 4.86. The highest BCUT2D eigenvalue weighted by Crippen LogP contribution is 2.26. The maximum atomic E-state index is 12.6. The van der Waals surface area contributed by atoms with Crippen molar-refractivity contribution in [2.75, 3.05) is 19.7 Å². The highest BCUT2D eigenvalue weighted by molar-refractivity contribution is 5.78. The van der Waals surface area contributed by atoms with E-state index in [1.165, 1.54) is 5.56 Å². The van der Waals surface area contributed by atoms with Gasteiger partial charge in [0.25, 0.3) is 5.91 Å². The van der Waals surface area contributed by atoms with Crippen molar-refractivity contribution in [3.63, 3.8) is 0 Å². The molecule has 1 aliphatic heterocycles. The van der Waals surface area contributed by atoms with E-state index in [0.29, 0.717) is 6.54 Å². The summed E-state index contributed by atoms with van der Waals surface area (Å²) in [4.78, 5) is 14.5. The van der Waals surface area contributed by atoms with Gasteiger partial charge in [0.1, 0.15) is 11.6 Å². The van der Waals surface area contributed by atoms with Gasteiger partial charge in [0.2, 0.25) is 0 Å². The van der Waals surface area contributed by atoms with E-state index in [4.69, 9.17) is 4.74 Å². The summed E-state index contributed by atoms with van der Waals surface area (Å²) in [6.07, 6.45) is 3.95. The summed E-state index contributed by atoms with van der Waals surface area (Å²) in [7, 11) is 0. The first kappa shape index (κ1) is 16.6. The topological polar surface area (TPSA) is 59.7 Å². The fourth-order valence-corrected chi connectivity index (χ4v) is 3.42. The van der Waals surface area contributed by atoms with Gasteiger partial charge in [-0.2, -0.15) is 0 Å². The van der Waals surface area contributed by atoms with Crippen LogP contribution in [0.1, 0.15) is 30.1 Å². The number of fused-ring (bicyclic) bond motifs is 1. The standard InChI is InChI=1S/C20H22N4O2/c1-15-7-9-17(10-8-15)26-14-19(25)23-11-4-5-16(13-23)20-22-21-18-6-2-3-12-24(18)20/h2-3,6-10,12,16H,4-5,11,13-14H2,1H3. The van der Waals surface area contributed by atoms with Crippen LogP contribution in [0.2, 0.25) is 0 Å². The average molecular weight is 350 g/mol. The molecule has 1 aliphatic rings. The number of likely N-dealkylation sites (tertiary alicyclic amines) is 1. The van der Waals surface area contributed by atoms with E-state index in [2.05, 4.69) is 10.2 Å². The zero-order valence-electron chi connectivity index (χ0n) is 14.8. The van der Waals surface area contributed by atoms with Crippen LogP contribution in [-0.4, -0.2) is 45.1 Å². The number of aromatic nitrogens is 3. The molecule has 1 unspecified atom stereocenters. The van der Waals surface area contributed by atoms with Crippen molar-refractivity contribution in [3.05, 3.63) is 60.0 Å². The van der Waals surface area contributed by atoms with E-state index in [0.717, 1.165) is 36.6 Å². The Bertz CT molecular complexity index is 904. The number of carbonyl (C=O) groups is 1. The average Bonchev–Trinajstić information content (AvgIpc) is 3.11. The number of piperidine rings is 1. The fourth-order valence-electron chi connectivity index (χ4n) is 3.42. The van der Waals surface area contributed by atoms with Crippen LogP contribution in [0.5, 0.6) is 5.75 Å². The number of pyridine rings is 1. The molecule has 1 fully saturated rings.